The predicted octanol–water partition coefficient (Wildman–Crippen LogP) is 8.46. The van der Waals surface area contributed by atoms with Gasteiger partial charge in [-0.3, -0.25) is 4.99 Å². The maximum Gasteiger partial charge on any atom is 0.227 e. The van der Waals surface area contributed by atoms with Crippen LogP contribution in [0.1, 0.15) is 32.1 Å². The minimum atomic E-state index is 0.107. The number of aliphatic imine (C=N–C) groups is 1. The van der Waals surface area contributed by atoms with Crippen LogP contribution in [0.5, 0.6) is 0 Å². The summed E-state index contributed by atoms with van der Waals surface area (Å²) < 4.78 is 11.9. The quantitative estimate of drug-likeness (QED) is 0.256. The van der Waals surface area contributed by atoms with E-state index in [9.17, 15) is 0 Å². The van der Waals surface area contributed by atoms with Crippen molar-refractivity contribution in [2.75, 3.05) is 0 Å². The van der Waals surface area contributed by atoms with E-state index >= 15 is 0 Å². The van der Waals surface area contributed by atoms with Crippen LogP contribution in [0.2, 0.25) is 5.02 Å². The van der Waals surface area contributed by atoms with Gasteiger partial charge in [-0.2, -0.15) is 0 Å². The average Bonchev–Trinajstić information content (AvgIpc) is 3.44. The second-order valence-electron chi connectivity index (χ2n) is 8.97. The highest BCUT2D eigenvalue weighted by Crippen LogP contribution is 2.30. The summed E-state index contributed by atoms with van der Waals surface area (Å²) in [7, 11) is 0. The van der Waals surface area contributed by atoms with Gasteiger partial charge in [0.1, 0.15) is 17.0 Å². The SMILES string of the molecule is CC(C)(C)c1ccc(-c2nc3cc(N=Cc4ccc(-c5ccc(Cl)cc5)o4)ccc3o2)cc1. The first-order valence-corrected chi connectivity index (χ1v) is 11.1. The van der Waals surface area contributed by atoms with Gasteiger partial charge in [0, 0.05) is 16.1 Å². The van der Waals surface area contributed by atoms with Crippen molar-refractivity contribution in [2.24, 2.45) is 4.99 Å². The van der Waals surface area contributed by atoms with Crippen molar-refractivity contribution in [3.63, 3.8) is 0 Å². The Morgan fingerprint density at radius 2 is 1.55 bits per heavy atom. The second-order valence-corrected chi connectivity index (χ2v) is 9.40. The first kappa shape index (κ1) is 21.2. The summed E-state index contributed by atoms with van der Waals surface area (Å²) in [6, 6.07) is 25.4. The van der Waals surface area contributed by atoms with Gasteiger partial charge >= 0.3 is 0 Å². The zero-order chi connectivity index (χ0) is 23.0. The monoisotopic (exact) mass is 454 g/mol. The van der Waals surface area contributed by atoms with Gasteiger partial charge in [0.25, 0.3) is 0 Å². The zero-order valence-corrected chi connectivity index (χ0v) is 19.4. The molecule has 0 fully saturated rings. The first-order chi connectivity index (χ1) is 15.8. The Bertz CT molecular complexity index is 1440. The lowest BCUT2D eigenvalue weighted by molar-refractivity contribution is 0.575. The van der Waals surface area contributed by atoms with Crippen LogP contribution in [-0.2, 0) is 5.41 Å². The van der Waals surface area contributed by atoms with E-state index in [4.69, 9.17) is 20.4 Å². The molecule has 0 N–H and O–H groups in total. The van der Waals surface area contributed by atoms with Crippen molar-refractivity contribution in [2.45, 2.75) is 26.2 Å². The number of fused-ring (bicyclic) bond motifs is 1. The van der Waals surface area contributed by atoms with Crippen LogP contribution in [0.3, 0.4) is 0 Å². The Kier molecular flexibility index (Phi) is 5.39. The van der Waals surface area contributed by atoms with Gasteiger partial charge in [0.15, 0.2) is 5.58 Å². The molecule has 5 aromatic rings. The van der Waals surface area contributed by atoms with Gasteiger partial charge in [-0.15, -0.1) is 0 Å². The number of oxazole rings is 1. The maximum absolute atomic E-state index is 5.97. The van der Waals surface area contributed by atoms with Crippen molar-refractivity contribution in [3.05, 3.63) is 95.2 Å². The standard InChI is InChI=1S/C28H23ClN2O2/c1-28(2,3)20-8-4-19(5-9-20)27-31-24-16-22(12-14-26(24)33-27)30-17-23-13-15-25(32-23)18-6-10-21(29)11-7-18/h4-17H,1-3H3. The van der Waals surface area contributed by atoms with Crippen molar-refractivity contribution >= 4 is 34.6 Å². The summed E-state index contributed by atoms with van der Waals surface area (Å²) in [4.78, 5) is 9.21. The van der Waals surface area contributed by atoms with Crippen LogP contribution >= 0.6 is 11.6 Å². The highest BCUT2D eigenvalue weighted by molar-refractivity contribution is 6.30. The minimum absolute atomic E-state index is 0.107. The Morgan fingerprint density at radius 1 is 0.818 bits per heavy atom. The topological polar surface area (TPSA) is 51.5 Å². The molecule has 0 spiro atoms. The minimum Gasteiger partial charge on any atom is -0.455 e. The fourth-order valence-electron chi connectivity index (χ4n) is 3.56. The third kappa shape index (κ3) is 4.62. The fraction of sp³-hybridized carbons (Fsp3) is 0.143. The molecule has 0 radical (unpaired) electrons. The molecule has 4 nitrogen and oxygen atoms in total. The van der Waals surface area contributed by atoms with Crippen LogP contribution in [-0.4, -0.2) is 11.2 Å². The normalized spacial score (nSPS) is 12.1. The van der Waals surface area contributed by atoms with E-state index in [0.717, 1.165) is 33.7 Å². The summed E-state index contributed by atoms with van der Waals surface area (Å²) in [5.41, 5.74) is 5.57. The van der Waals surface area contributed by atoms with E-state index in [1.807, 2.05) is 54.6 Å². The number of benzene rings is 3. The van der Waals surface area contributed by atoms with Gasteiger partial charge in [0.2, 0.25) is 5.89 Å². The van der Waals surface area contributed by atoms with Gasteiger partial charge in [-0.25, -0.2) is 4.98 Å². The summed E-state index contributed by atoms with van der Waals surface area (Å²) in [5.74, 6) is 2.03. The van der Waals surface area contributed by atoms with Crippen molar-refractivity contribution in [3.8, 4) is 22.8 Å². The number of rotatable bonds is 4. The third-order valence-electron chi connectivity index (χ3n) is 5.47. The molecular weight excluding hydrogens is 432 g/mol. The molecule has 5 heteroatoms. The molecule has 0 atom stereocenters. The Hall–Kier alpha value is -3.63. The Labute approximate surface area is 197 Å². The second kappa shape index (κ2) is 8.38. The molecule has 164 valence electrons. The average molecular weight is 455 g/mol. The molecule has 2 heterocycles. The van der Waals surface area contributed by atoms with Crippen LogP contribution in [0.25, 0.3) is 33.9 Å². The number of aromatic nitrogens is 1. The molecule has 5 rings (SSSR count). The van der Waals surface area contributed by atoms with Gasteiger partial charge < -0.3 is 8.83 Å². The fourth-order valence-corrected chi connectivity index (χ4v) is 3.69. The maximum atomic E-state index is 5.97. The van der Waals surface area contributed by atoms with E-state index in [-0.39, 0.29) is 5.41 Å². The lowest BCUT2D eigenvalue weighted by Gasteiger charge is -2.18. The smallest absolute Gasteiger partial charge is 0.227 e. The number of nitrogens with zero attached hydrogens (tertiary/aromatic N) is 2. The van der Waals surface area contributed by atoms with Crippen LogP contribution in [0.15, 0.2) is 92.7 Å². The van der Waals surface area contributed by atoms with E-state index in [2.05, 4.69) is 55.0 Å². The molecule has 0 saturated carbocycles. The Morgan fingerprint density at radius 3 is 2.27 bits per heavy atom. The number of hydrogen-bond donors (Lipinski definition) is 0. The molecule has 0 aliphatic carbocycles. The molecule has 0 amide bonds. The number of hydrogen-bond acceptors (Lipinski definition) is 4. The van der Waals surface area contributed by atoms with Crippen LogP contribution in [0, 0.1) is 0 Å². The van der Waals surface area contributed by atoms with Gasteiger partial charge in [0.05, 0.1) is 11.9 Å². The number of halogens is 1. The molecule has 33 heavy (non-hydrogen) atoms. The lowest BCUT2D eigenvalue weighted by atomic mass is 9.87. The van der Waals surface area contributed by atoms with Crippen molar-refractivity contribution < 1.29 is 8.83 Å². The molecule has 0 aliphatic rings. The summed E-state index contributed by atoms with van der Waals surface area (Å²) in [6.07, 6.45) is 1.70. The molecule has 0 unspecified atom stereocenters. The van der Waals surface area contributed by atoms with Crippen LogP contribution in [0.4, 0.5) is 5.69 Å². The Balaban J connectivity index is 1.36. The molecule has 3 aromatic carbocycles. The predicted molar refractivity (Wildman–Crippen MR) is 135 cm³/mol. The van der Waals surface area contributed by atoms with E-state index in [1.54, 1.807) is 6.21 Å². The lowest BCUT2D eigenvalue weighted by Crippen LogP contribution is -2.10. The van der Waals surface area contributed by atoms with Gasteiger partial charge in [-0.1, -0.05) is 44.5 Å². The third-order valence-corrected chi connectivity index (χ3v) is 5.72. The molecule has 0 bridgehead atoms. The summed E-state index contributed by atoms with van der Waals surface area (Å²) in [5, 5.41) is 0.695. The summed E-state index contributed by atoms with van der Waals surface area (Å²) in [6.45, 7) is 6.60. The number of furan rings is 1. The van der Waals surface area contributed by atoms with Gasteiger partial charge in [-0.05, 0) is 77.7 Å². The van der Waals surface area contributed by atoms with E-state index < -0.39 is 0 Å². The molecule has 2 aromatic heterocycles. The first-order valence-electron chi connectivity index (χ1n) is 10.8. The zero-order valence-electron chi connectivity index (χ0n) is 18.7. The molecule has 0 saturated heterocycles. The van der Waals surface area contributed by atoms with E-state index in [0.29, 0.717) is 16.7 Å². The van der Waals surface area contributed by atoms with Crippen LogP contribution < -0.4 is 0 Å². The summed E-state index contributed by atoms with van der Waals surface area (Å²) >= 11 is 5.96. The van der Waals surface area contributed by atoms with Crippen molar-refractivity contribution in [1.29, 1.82) is 0 Å². The van der Waals surface area contributed by atoms with Crippen molar-refractivity contribution in [1.82, 2.24) is 4.98 Å². The van der Waals surface area contributed by atoms with E-state index in [1.165, 1.54) is 5.56 Å². The molecular formula is C28H23ClN2O2. The highest BCUT2D eigenvalue weighted by atomic mass is 35.5. The highest BCUT2D eigenvalue weighted by Gasteiger charge is 2.15. The molecule has 0 aliphatic heterocycles. The largest absolute Gasteiger partial charge is 0.455 e.